The van der Waals surface area contributed by atoms with Crippen molar-refractivity contribution < 1.29 is 19.6 Å². The fraction of sp³-hybridized carbons (Fsp3) is 0.100. The maximum Gasteiger partial charge on any atom is 0.337 e. The van der Waals surface area contributed by atoms with E-state index in [0.717, 1.165) is 12.3 Å². The number of hydrogen-bond donors (Lipinski definition) is 1. The molecular weight excluding hydrogens is 256 g/mol. The van der Waals surface area contributed by atoms with Gasteiger partial charge in [-0.15, -0.1) is 0 Å². The lowest BCUT2D eigenvalue weighted by Crippen LogP contribution is -2.02. The zero-order chi connectivity index (χ0) is 14.0. The van der Waals surface area contributed by atoms with Crippen LogP contribution in [0.25, 0.3) is 0 Å². The number of aromatic carboxylic acids is 1. The van der Waals surface area contributed by atoms with E-state index in [4.69, 9.17) is 9.84 Å². The number of hydrogen-bond acceptors (Lipinski definition) is 6. The number of carboxylic acid groups (broad SMARTS) is 1. The minimum absolute atomic E-state index is 0.265. The normalized spacial score (nSPS) is 10.2. The monoisotopic (exact) mass is 264 g/mol. The average molecular weight is 264 g/mol. The molecule has 0 aliphatic heterocycles. The largest absolute Gasteiger partial charge is 0.478 e. The smallest absolute Gasteiger partial charge is 0.337 e. The summed E-state index contributed by atoms with van der Waals surface area (Å²) < 4.78 is 6.65. The number of aromatic nitrogens is 3. The molecule has 0 saturated heterocycles. The third-order valence-corrected chi connectivity index (χ3v) is 2.17. The first kappa shape index (κ1) is 12.5. The van der Waals surface area contributed by atoms with Gasteiger partial charge in [0, 0.05) is 19.3 Å². The highest BCUT2D eigenvalue weighted by Gasteiger charge is 2.21. The van der Waals surface area contributed by atoms with E-state index in [0.29, 0.717) is 0 Å². The molecule has 0 atom stereocenters. The Labute approximate surface area is 106 Å². The molecule has 0 amide bonds. The van der Waals surface area contributed by atoms with Crippen LogP contribution in [0.15, 0.2) is 24.7 Å². The fourth-order valence-electron chi connectivity index (χ4n) is 1.33. The van der Waals surface area contributed by atoms with E-state index in [2.05, 4.69) is 10.1 Å². The second-order valence-electron chi connectivity index (χ2n) is 3.56. The maximum absolute atomic E-state index is 10.9. The molecule has 0 aliphatic rings. The topological polar surface area (TPSA) is 120 Å². The van der Waals surface area contributed by atoms with Crippen LogP contribution in [0, 0.1) is 10.1 Å². The summed E-state index contributed by atoms with van der Waals surface area (Å²) in [4.78, 5) is 24.5. The predicted molar refractivity (Wildman–Crippen MR) is 61.1 cm³/mol. The van der Waals surface area contributed by atoms with Gasteiger partial charge in [0.1, 0.15) is 0 Å². The summed E-state index contributed by atoms with van der Waals surface area (Å²) in [6.07, 6.45) is 3.84. The first-order valence-electron chi connectivity index (χ1n) is 5.01. The fourth-order valence-corrected chi connectivity index (χ4v) is 1.33. The molecule has 2 heterocycles. The van der Waals surface area contributed by atoms with Crippen LogP contribution in [0.2, 0.25) is 0 Å². The number of carboxylic acids is 1. The number of carbonyl (C=O) groups is 1. The van der Waals surface area contributed by atoms with Crippen LogP contribution in [-0.2, 0) is 7.05 Å². The Kier molecular flexibility index (Phi) is 3.10. The van der Waals surface area contributed by atoms with Crippen LogP contribution in [0.4, 0.5) is 5.69 Å². The van der Waals surface area contributed by atoms with Gasteiger partial charge in [-0.05, 0) is 0 Å². The molecule has 2 rings (SSSR count). The quantitative estimate of drug-likeness (QED) is 0.650. The predicted octanol–water partition coefficient (Wildman–Crippen LogP) is 1.21. The highest BCUT2D eigenvalue weighted by molar-refractivity contribution is 5.88. The molecule has 0 spiro atoms. The third kappa shape index (κ3) is 2.65. The number of pyridine rings is 1. The van der Waals surface area contributed by atoms with Crippen molar-refractivity contribution in [2.24, 2.45) is 7.05 Å². The van der Waals surface area contributed by atoms with Crippen LogP contribution in [-0.4, -0.2) is 30.8 Å². The van der Waals surface area contributed by atoms with Gasteiger partial charge in [-0.25, -0.2) is 9.78 Å². The van der Waals surface area contributed by atoms with Crippen LogP contribution in [0.5, 0.6) is 11.6 Å². The summed E-state index contributed by atoms with van der Waals surface area (Å²) in [6, 6.07) is 0.890. The first-order valence-corrected chi connectivity index (χ1v) is 5.01. The van der Waals surface area contributed by atoms with Gasteiger partial charge in [-0.3, -0.25) is 14.8 Å². The van der Waals surface area contributed by atoms with E-state index in [9.17, 15) is 14.9 Å². The van der Waals surface area contributed by atoms with Gasteiger partial charge in [-0.2, -0.15) is 5.10 Å². The lowest BCUT2D eigenvalue weighted by molar-refractivity contribution is -0.386. The number of aryl methyl sites for hydroxylation is 1. The molecule has 0 saturated carbocycles. The van der Waals surface area contributed by atoms with E-state index in [1.165, 1.54) is 17.1 Å². The van der Waals surface area contributed by atoms with Crippen LogP contribution < -0.4 is 4.74 Å². The van der Waals surface area contributed by atoms with Crippen molar-refractivity contribution in [2.45, 2.75) is 0 Å². The molecule has 2 aromatic heterocycles. The van der Waals surface area contributed by atoms with Crippen LogP contribution >= 0.6 is 0 Å². The highest BCUT2D eigenvalue weighted by Crippen LogP contribution is 2.29. The molecule has 1 N–H and O–H groups in total. The number of nitro groups is 1. The van der Waals surface area contributed by atoms with E-state index in [1.807, 2.05) is 0 Å². The van der Waals surface area contributed by atoms with Crippen molar-refractivity contribution in [1.82, 2.24) is 14.8 Å². The summed E-state index contributed by atoms with van der Waals surface area (Å²) in [7, 11) is 1.65. The maximum atomic E-state index is 10.9. The van der Waals surface area contributed by atoms with E-state index in [1.54, 1.807) is 7.05 Å². The lowest BCUT2D eigenvalue weighted by atomic mass is 10.2. The van der Waals surface area contributed by atoms with Crippen LogP contribution in [0.1, 0.15) is 10.4 Å². The van der Waals surface area contributed by atoms with Gasteiger partial charge in [0.05, 0.1) is 22.9 Å². The Balaban J connectivity index is 2.39. The zero-order valence-corrected chi connectivity index (χ0v) is 9.68. The first-order chi connectivity index (χ1) is 8.97. The second-order valence-corrected chi connectivity index (χ2v) is 3.56. The molecule has 98 valence electrons. The standard InChI is InChI=1S/C10H8N4O5/c1-13-5-7(4-12-13)19-9-8(14(17)18)2-6(3-11-9)10(15)16/h2-5H,1H3,(H,15,16). The number of nitrogens with zero attached hydrogens (tertiary/aromatic N) is 4. The molecule has 0 bridgehead atoms. The number of ether oxygens (including phenoxy) is 1. The summed E-state index contributed by atoms with van der Waals surface area (Å²) >= 11 is 0. The number of rotatable bonds is 4. The summed E-state index contributed by atoms with van der Waals surface area (Å²) in [5.74, 6) is -1.33. The third-order valence-electron chi connectivity index (χ3n) is 2.17. The van der Waals surface area contributed by atoms with Gasteiger partial charge < -0.3 is 9.84 Å². The lowest BCUT2D eigenvalue weighted by Gasteiger charge is -2.03. The summed E-state index contributed by atoms with van der Waals surface area (Å²) in [6.45, 7) is 0. The molecule has 19 heavy (non-hydrogen) atoms. The molecule has 0 unspecified atom stereocenters. The van der Waals surface area contributed by atoms with E-state index in [-0.39, 0.29) is 17.2 Å². The minimum atomic E-state index is -1.30. The summed E-state index contributed by atoms with van der Waals surface area (Å²) in [5, 5.41) is 23.5. The Bertz CT molecular complexity index is 651. The average Bonchev–Trinajstić information content (AvgIpc) is 2.74. The van der Waals surface area contributed by atoms with Crippen molar-refractivity contribution in [3.05, 3.63) is 40.3 Å². The van der Waals surface area contributed by atoms with Crippen LogP contribution in [0.3, 0.4) is 0 Å². The molecule has 2 aromatic rings. The van der Waals surface area contributed by atoms with Gasteiger partial charge in [-0.1, -0.05) is 0 Å². The second kappa shape index (κ2) is 4.72. The van der Waals surface area contributed by atoms with Gasteiger partial charge in [0.15, 0.2) is 5.75 Å². The minimum Gasteiger partial charge on any atom is -0.478 e. The molecule has 0 aliphatic carbocycles. The molecule has 0 aromatic carbocycles. The Morgan fingerprint density at radius 3 is 2.79 bits per heavy atom. The SMILES string of the molecule is Cn1cc(Oc2ncc(C(=O)O)cc2[N+](=O)[O-])cn1. The van der Waals surface area contributed by atoms with Crippen molar-refractivity contribution in [3.8, 4) is 11.6 Å². The van der Waals surface area contributed by atoms with Crippen molar-refractivity contribution in [3.63, 3.8) is 0 Å². The van der Waals surface area contributed by atoms with Gasteiger partial charge in [0.25, 0.3) is 5.88 Å². The van der Waals surface area contributed by atoms with Crippen molar-refractivity contribution in [1.29, 1.82) is 0 Å². The van der Waals surface area contributed by atoms with E-state index < -0.39 is 16.6 Å². The Morgan fingerprint density at radius 2 is 2.26 bits per heavy atom. The molecule has 9 nitrogen and oxygen atoms in total. The van der Waals surface area contributed by atoms with Gasteiger partial charge >= 0.3 is 11.7 Å². The van der Waals surface area contributed by atoms with E-state index >= 15 is 0 Å². The Hall–Kier alpha value is -2.97. The molecule has 9 heteroatoms. The van der Waals surface area contributed by atoms with Crippen molar-refractivity contribution >= 4 is 11.7 Å². The molecular formula is C10H8N4O5. The summed E-state index contributed by atoms with van der Waals surface area (Å²) in [5.41, 5.74) is -0.811. The Morgan fingerprint density at radius 1 is 1.53 bits per heavy atom. The van der Waals surface area contributed by atoms with Crippen molar-refractivity contribution in [2.75, 3.05) is 0 Å². The van der Waals surface area contributed by atoms with Gasteiger partial charge in [0.2, 0.25) is 0 Å². The molecule has 0 fully saturated rings. The highest BCUT2D eigenvalue weighted by atomic mass is 16.6. The molecule has 0 radical (unpaired) electrons. The zero-order valence-electron chi connectivity index (χ0n) is 9.68.